The fourth-order valence-electron chi connectivity index (χ4n) is 3.21. The van der Waals surface area contributed by atoms with Crippen LogP contribution in [-0.4, -0.2) is 18.2 Å². The number of nitrogens with two attached hydrogens (primary N) is 1. The summed E-state index contributed by atoms with van der Waals surface area (Å²) in [6.07, 6.45) is 0.811. The van der Waals surface area contributed by atoms with E-state index < -0.39 is 11.6 Å². The molecule has 0 amide bonds. The number of hydrogen-bond acceptors (Lipinski definition) is 3. The molecule has 0 aromatic heterocycles. The first-order valence-corrected chi connectivity index (χ1v) is 6.99. The maximum atomic E-state index is 13.3. The normalized spacial score (nSPS) is 31.5. The highest BCUT2D eigenvalue weighted by atomic mass is 19.2. The highest BCUT2D eigenvalue weighted by Gasteiger charge is 2.41. The Balaban J connectivity index is 2.14. The Morgan fingerprint density at radius 3 is 2.40 bits per heavy atom. The molecule has 0 radical (unpaired) electrons. The van der Waals surface area contributed by atoms with E-state index in [1.54, 1.807) is 6.07 Å². The minimum atomic E-state index is -0.828. The largest absolute Gasteiger partial charge is 0.375 e. The minimum absolute atomic E-state index is 0.0326. The van der Waals surface area contributed by atoms with Crippen molar-refractivity contribution in [1.29, 1.82) is 0 Å². The van der Waals surface area contributed by atoms with Gasteiger partial charge in [0, 0.05) is 12.0 Å². The summed E-state index contributed by atoms with van der Waals surface area (Å²) in [6, 6.07) is 3.94. The molecule has 5 atom stereocenters. The molecule has 2 rings (SSSR count). The van der Waals surface area contributed by atoms with Crippen molar-refractivity contribution in [2.24, 2.45) is 17.7 Å². The van der Waals surface area contributed by atoms with Crippen molar-refractivity contribution in [1.82, 2.24) is 5.43 Å². The molecule has 1 aromatic carbocycles. The highest BCUT2D eigenvalue weighted by molar-refractivity contribution is 5.19. The molecule has 3 nitrogen and oxygen atoms in total. The lowest BCUT2D eigenvalue weighted by atomic mass is 9.81. The van der Waals surface area contributed by atoms with E-state index in [0.717, 1.165) is 11.6 Å². The Bertz CT molecular complexity index is 469. The van der Waals surface area contributed by atoms with E-state index in [4.69, 9.17) is 10.6 Å². The second-order valence-corrected chi connectivity index (χ2v) is 5.71. The van der Waals surface area contributed by atoms with Crippen LogP contribution in [0.1, 0.15) is 26.3 Å². The molecule has 5 heteroatoms. The molecule has 0 spiro atoms. The van der Waals surface area contributed by atoms with Gasteiger partial charge in [-0.25, -0.2) is 8.78 Å². The molecule has 0 aliphatic carbocycles. The lowest BCUT2D eigenvalue weighted by molar-refractivity contribution is 0.0476. The molecule has 0 saturated carbocycles. The van der Waals surface area contributed by atoms with Crippen LogP contribution in [0.4, 0.5) is 8.78 Å². The van der Waals surface area contributed by atoms with E-state index in [0.29, 0.717) is 12.3 Å². The maximum Gasteiger partial charge on any atom is 0.159 e. The van der Waals surface area contributed by atoms with Crippen molar-refractivity contribution in [3.05, 3.63) is 35.4 Å². The zero-order chi connectivity index (χ0) is 14.9. The summed E-state index contributed by atoms with van der Waals surface area (Å²) < 4.78 is 32.1. The number of rotatable bonds is 4. The van der Waals surface area contributed by atoms with Crippen LogP contribution in [0.5, 0.6) is 0 Å². The zero-order valence-electron chi connectivity index (χ0n) is 12.1. The molecule has 112 valence electrons. The third-order valence-electron chi connectivity index (χ3n) is 4.44. The van der Waals surface area contributed by atoms with E-state index in [-0.39, 0.29) is 24.2 Å². The van der Waals surface area contributed by atoms with Crippen LogP contribution >= 0.6 is 0 Å². The number of benzene rings is 1. The van der Waals surface area contributed by atoms with Gasteiger partial charge in [-0.05, 0) is 43.9 Å². The van der Waals surface area contributed by atoms with Crippen LogP contribution in [0.2, 0.25) is 0 Å². The maximum absolute atomic E-state index is 13.3. The van der Waals surface area contributed by atoms with E-state index in [1.807, 2.05) is 13.8 Å². The Labute approximate surface area is 118 Å². The van der Waals surface area contributed by atoms with Gasteiger partial charge >= 0.3 is 0 Å². The van der Waals surface area contributed by atoms with Crippen LogP contribution in [-0.2, 0) is 11.2 Å². The van der Waals surface area contributed by atoms with Gasteiger partial charge in [-0.3, -0.25) is 11.3 Å². The first-order valence-electron chi connectivity index (χ1n) is 6.99. The lowest BCUT2D eigenvalue weighted by Crippen LogP contribution is -2.46. The summed E-state index contributed by atoms with van der Waals surface area (Å²) in [7, 11) is 0. The van der Waals surface area contributed by atoms with Gasteiger partial charge in [0.15, 0.2) is 11.6 Å². The molecular formula is C15H22F2N2O. The van der Waals surface area contributed by atoms with E-state index >= 15 is 0 Å². The fraction of sp³-hybridized carbons (Fsp3) is 0.600. The first-order chi connectivity index (χ1) is 9.43. The average molecular weight is 284 g/mol. The van der Waals surface area contributed by atoms with Crippen molar-refractivity contribution >= 4 is 0 Å². The number of hydrazine groups is 1. The van der Waals surface area contributed by atoms with Gasteiger partial charge < -0.3 is 4.74 Å². The van der Waals surface area contributed by atoms with Gasteiger partial charge in [-0.2, -0.15) is 0 Å². The van der Waals surface area contributed by atoms with Gasteiger partial charge in [-0.15, -0.1) is 0 Å². The van der Waals surface area contributed by atoms with E-state index in [9.17, 15) is 8.78 Å². The quantitative estimate of drug-likeness (QED) is 0.659. The first kappa shape index (κ1) is 15.4. The van der Waals surface area contributed by atoms with Crippen LogP contribution in [0, 0.1) is 23.5 Å². The molecule has 1 aliphatic heterocycles. The van der Waals surface area contributed by atoms with Crippen LogP contribution in [0.15, 0.2) is 18.2 Å². The topological polar surface area (TPSA) is 47.3 Å². The summed E-state index contributed by atoms with van der Waals surface area (Å²) in [5.74, 6) is 4.61. The third-order valence-corrected chi connectivity index (χ3v) is 4.44. The Kier molecular flexibility index (Phi) is 4.73. The zero-order valence-corrected chi connectivity index (χ0v) is 12.1. The van der Waals surface area contributed by atoms with Crippen molar-refractivity contribution in [3.63, 3.8) is 0 Å². The summed E-state index contributed by atoms with van der Waals surface area (Å²) in [4.78, 5) is 0. The standard InChI is InChI=1S/C15H22F2N2O/c1-8-9(2)20-10(3)15(8)14(19-18)7-11-4-5-12(16)13(17)6-11/h4-6,8-10,14-15,19H,7,18H2,1-3H3. The number of halogens is 2. The van der Waals surface area contributed by atoms with Gasteiger partial charge in [0.1, 0.15) is 0 Å². The van der Waals surface area contributed by atoms with Crippen molar-refractivity contribution in [2.45, 2.75) is 45.4 Å². The number of hydrogen-bond donors (Lipinski definition) is 2. The molecular weight excluding hydrogens is 262 g/mol. The smallest absolute Gasteiger partial charge is 0.159 e. The predicted molar refractivity (Wildman–Crippen MR) is 73.8 cm³/mol. The van der Waals surface area contributed by atoms with Crippen LogP contribution < -0.4 is 11.3 Å². The number of nitrogens with one attached hydrogen (secondary N) is 1. The highest BCUT2D eigenvalue weighted by Crippen LogP contribution is 2.35. The molecule has 1 saturated heterocycles. The molecule has 1 aromatic rings. The molecule has 1 aliphatic rings. The van der Waals surface area contributed by atoms with Crippen LogP contribution in [0.3, 0.4) is 0 Å². The Morgan fingerprint density at radius 1 is 1.20 bits per heavy atom. The van der Waals surface area contributed by atoms with E-state index in [2.05, 4.69) is 12.3 Å². The lowest BCUT2D eigenvalue weighted by Gasteiger charge is -2.28. The second kappa shape index (κ2) is 6.16. The molecule has 3 N–H and O–H groups in total. The fourth-order valence-corrected chi connectivity index (χ4v) is 3.21. The van der Waals surface area contributed by atoms with Gasteiger partial charge in [0.2, 0.25) is 0 Å². The Morgan fingerprint density at radius 2 is 1.90 bits per heavy atom. The summed E-state index contributed by atoms with van der Waals surface area (Å²) in [5, 5.41) is 0. The molecule has 5 unspecified atom stereocenters. The van der Waals surface area contributed by atoms with Crippen molar-refractivity contribution in [3.8, 4) is 0 Å². The number of ether oxygens (including phenoxy) is 1. The van der Waals surface area contributed by atoms with Gasteiger partial charge in [0.05, 0.1) is 12.2 Å². The van der Waals surface area contributed by atoms with Crippen LogP contribution in [0.25, 0.3) is 0 Å². The minimum Gasteiger partial charge on any atom is -0.375 e. The summed E-state index contributed by atoms with van der Waals surface area (Å²) in [6.45, 7) is 6.21. The van der Waals surface area contributed by atoms with Gasteiger partial charge in [0.25, 0.3) is 0 Å². The van der Waals surface area contributed by atoms with E-state index in [1.165, 1.54) is 6.07 Å². The monoisotopic (exact) mass is 284 g/mol. The summed E-state index contributed by atoms with van der Waals surface area (Å²) >= 11 is 0. The second-order valence-electron chi connectivity index (χ2n) is 5.71. The van der Waals surface area contributed by atoms with Crippen molar-refractivity contribution < 1.29 is 13.5 Å². The van der Waals surface area contributed by atoms with Gasteiger partial charge in [-0.1, -0.05) is 13.0 Å². The predicted octanol–water partition coefficient (Wildman–Crippen LogP) is 2.40. The molecule has 20 heavy (non-hydrogen) atoms. The molecule has 0 bridgehead atoms. The summed E-state index contributed by atoms with van der Waals surface area (Å²) in [5.41, 5.74) is 3.54. The third kappa shape index (κ3) is 3.00. The Hall–Kier alpha value is -1.04. The average Bonchev–Trinajstić information content (AvgIpc) is 2.65. The SMILES string of the molecule is CC1OC(C)C(C(Cc2ccc(F)c(F)c2)NN)C1C. The molecule has 1 fully saturated rings. The molecule has 1 heterocycles. The van der Waals surface area contributed by atoms with Crippen molar-refractivity contribution in [2.75, 3.05) is 0 Å².